The molecule has 2 aromatic heterocycles. The maximum Gasteiger partial charge on any atom is 0.242 e. The molecule has 0 saturated heterocycles. The van der Waals surface area contributed by atoms with E-state index in [0.29, 0.717) is 28.9 Å². The molecule has 2 heterocycles. The van der Waals surface area contributed by atoms with E-state index in [4.69, 9.17) is 4.74 Å². The Morgan fingerprint density at radius 3 is 2.58 bits per heavy atom. The van der Waals surface area contributed by atoms with E-state index in [1.807, 2.05) is 11.9 Å². The average molecular weight is 580 g/mol. The van der Waals surface area contributed by atoms with Gasteiger partial charge in [-0.15, -0.1) is 48.1 Å². The minimum atomic E-state index is -1.45. The largest absolute Gasteiger partial charge is 0.507 e. The third-order valence-electron chi connectivity index (χ3n) is 6.99. The van der Waals surface area contributed by atoms with Crippen molar-refractivity contribution in [1.29, 1.82) is 0 Å². The van der Waals surface area contributed by atoms with Crippen molar-refractivity contribution in [3.63, 3.8) is 0 Å². The van der Waals surface area contributed by atoms with Crippen LogP contribution in [-0.4, -0.2) is 48.1 Å². The van der Waals surface area contributed by atoms with Gasteiger partial charge in [-0.3, -0.25) is 0 Å². The first-order valence-electron chi connectivity index (χ1n) is 12.3. The fourth-order valence-electron chi connectivity index (χ4n) is 5.08. The lowest BCUT2D eigenvalue weighted by molar-refractivity contribution is 0.102. The van der Waals surface area contributed by atoms with E-state index in [9.17, 15) is 13.9 Å². The van der Waals surface area contributed by atoms with Crippen LogP contribution >= 0.6 is 37.9 Å². The molecule has 3 aromatic rings. The lowest BCUT2D eigenvalue weighted by Gasteiger charge is -2.43. The number of benzene rings is 1. The zero-order chi connectivity index (χ0) is 27.7. The summed E-state index contributed by atoms with van der Waals surface area (Å²) in [4.78, 5) is 9.85. The van der Waals surface area contributed by atoms with E-state index >= 15 is 0 Å². The average Bonchev–Trinajstić information content (AvgIpc) is 2.84. The molecular formula is C26H31F2N5O2S3. The summed E-state index contributed by atoms with van der Waals surface area (Å²) in [6.45, 7) is 4.38. The number of nitrogens with zero attached hydrogens (tertiary/aromatic N) is 5. The second-order valence-electron chi connectivity index (χ2n) is 10.1. The Bertz CT molecular complexity index is 1280. The molecule has 0 unspecified atom stereocenters. The lowest BCUT2D eigenvalue weighted by atomic mass is 9.70. The summed E-state index contributed by atoms with van der Waals surface area (Å²) in [6, 6.07) is 7.12. The third kappa shape index (κ3) is 6.81. The molecule has 204 valence electrons. The number of hydrogen-bond acceptors (Lipinski definition) is 10. The number of phenolic OH excluding ortho intramolecular Hbond substituents is 1. The Kier molecular flexibility index (Phi) is 8.63. The molecule has 0 radical (unpaired) electrons. The number of alkyl halides is 1. The maximum absolute atomic E-state index is 14.9. The second kappa shape index (κ2) is 11.4. The van der Waals surface area contributed by atoms with Gasteiger partial charge in [0.1, 0.15) is 11.9 Å². The molecule has 1 saturated carbocycles. The number of ether oxygens (including phenoxy) is 1. The van der Waals surface area contributed by atoms with E-state index in [-0.39, 0.29) is 28.9 Å². The van der Waals surface area contributed by atoms with Gasteiger partial charge < -0.3 is 14.7 Å². The van der Waals surface area contributed by atoms with Crippen molar-refractivity contribution in [2.45, 2.75) is 61.8 Å². The van der Waals surface area contributed by atoms with Crippen LogP contribution in [0.15, 0.2) is 36.5 Å². The normalized spacial score (nSPS) is 21.8. The van der Waals surface area contributed by atoms with Gasteiger partial charge in [0, 0.05) is 19.2 Å². The molecule has 1 fully saturated rings. The molecular weight excluding hydrogens is 549 g/mol. The first-order valence-corrected chi connectivity index (χ1v) is 13.7. The topological polar surface area (TPSA) is 84.3 Å². The highest BCUT2D eigenvalue weighted by Crippen LogP contribution is 2.43. The van der Waals surface area contributed by atoms with Crippen molar-refractivity contribution in [3.8, 4) is 34.1 Å². The molecule has 4 rings (SSSR count). The van der Waals surface area contributed by atoms with Crippen LogP contribution in [0.2, 0.25) is 0 Å². The van der Waals surface area contributed by atoms with Gasteiger partial charge in [0.2, 0.25) is 15.4 Å². The number of anilines is 1. The molecule has 0 amide bonds. The number of rotatable bonds is 8. The molecule has 1 aliphatic carbocycles. The van der Waals surface area contributed by atoms with Crippen LogP contribution in [-0.2, 0) is 0 Å². The molecule has 1 aromatic carbocycles. The summed E-state index contributed by atoms with van der Waals surface area (Å²) in [6.07, 6.45) is 4.86. The standard InChI is InChI=1S/C26H31F2N5O2S3/c1-4-8-25(2)9-7-18(27)19(13-25)33(3)22-14-29-24(32-31-22)17-6-5-15(10-20(17)34)16-11-21(28)30-23(12-16)35-26(36,37)38/h5-6,10-12,14,18-19,34,36-38H,4,7-9,13H2,1-3H3/t18-,19+,25+/m0/s1. The quantitative estimate of drug-likeness (QED) is 0.140. The van der Waals surface area contributed by atoms with Crippen LogP contribution in [0.3, 0.4) is 0 Å². The van der Waals surface area contributed by atoms with Gasteiger partial charge in [-0.2, -0.15) is 9.37 Å². The van der Waals surface area contributed by atoms with Gasteiger partial charge in [-0.25, -0.2) is 9.37 Å². The first kappa shape index (κ1) is 28.7. The second-order valence-corrected chi connectivity index (χ2v) is 13.0. The van der Waals surface area contributed by atoms with Gasteiger partial charge in [-0.1, -0.05) is 26.3 Å². The summed E-state index contributed by atoms with van der Waals surface area (Å²) in [5.41, 5.74) is 1.36. The van der Waals surface area contributed by atoms with Crippen molar-refractivity contribution in [3.05, 3.63) is 42.5 Å². The van der Waals surface area contributed by atoms with Crippen LogP contribution in [0, 0.1) is 11.4 Å². The van der Waals surface area contributed by atoms with Crippen molar-refractivity contribution in [1.82, 2.24) is 20.2 Å². The number of aromatic hydroxyl groups is 1. The number of thiol groups is 3. The van der Waals surface area contributed by atoms with Crippen molar-refractivity contribution >= 4 is 43.7 Å². The van der Waals surface area contributed by atoms with Gasteiger partial charge in [0.05, 0.1) is 17.8 Å². The van der Waals surface area contributed by atoms with Gasteiger partial charge in [0.15, 0.2) is 11.6 Å². The molecule has 0 aliphatic heterocycles. The fourth-order valence-corrected chi connectivity index (χ4v) is 5.36. The number of pyridine rings is 1. The zero-order valence-electron chi connectivity index (χ0n) is 21.3. The first-order chi connectivity index (χ1) is 17.9. The van der Waals surface area contributed by atoms with Crippen LogP contribution in [0.5, 0.6) is 11.6 Å². The summed E-state index contributed by atoms with van der Waals surface area (Å²) in [5.74, 6) is -0.303. The smallest absolute Gasteiger partial charge is 0.242 e. The minimum absolute atomic E-state index is 0.0701. The third-order valence-corrected chi connectivity index (χ3v) is 7.26. The number of phenols is 1. The van der Waals surface area contributed by atoms with E-state index in [1.165, 1.54) is 24.4 Å². The highest BCUT2D eigenvalue weighted by atomic mass is 32.2. The Balaban J connectivity index is 1.54. The van der Waals surface area contributed by atoms with Crippen LogP contribution in [0.25, 0.3) is 22.5 Å². The maximum atomic E-state index is 14.9. The Labute approximate surface area is 237 Å². The summed E-state index contributed by atoms with van der Waals surface area (Å²) < 4.78 is 32.8. The Hall–Kier alpha value is -2.31. The fraction of sp³-hybridized carbons (Fsp3) is 0.462. The van der Waals surface area contributed by atoms with E-state index < -0.39 is 15.7 Å². The molecule has 38 heavy (non-hydrogen) atoms. The Morgan fingerprint density at radius 1 is 1.18 bits per heavy atom. The monoisotopic (exact) mass is 579 g/mol. The van der Waals surface area contributed by atoms with Gasteiger partial charge in [0.25, 0.3) is 0 Å². The molecule has 12 heteroatoms. The SMILES string of the molecule is CCC[C@]1(C)CC[C@H](F)[C@H](N(C)c2cnc(-c3ccc(-c4cc(F)nc(OC(S)(S)S)c4)cc3O)nn2)C1. The van der Waals surface area contributed by atoms with Crippen LogP contribution in [0.4, 0.5) is 14.6 Å². The highest BCUT2D eigenvalue weighted by molar-refractivity contribution is 8.16. The summed E-state index contributed by atoms with van der Waals surface area (Å²) in [7, 11) is 1.82. The van der Waals surface area contributed by atoms with Crippen molar-refractivity contribution < 1.29 is 18.6 Å². The van der Waals surface area contributed by atoms with Gasteiger partial charge >= 0.3 is 0 Å². The highest BCUT2D eigenvalue weighted by Gasteiger charge is 2.39. The van der Waals surface area contributed by atoms with Crippen molar-refractivity contribution in [2.75, 3.05) is 11.9 Å². The van der Waals surface area contributed by atoms with Crippen molar-refractivity contribution in [2.24, 2.45) is 5.41 Å². The van der Waals surface area contributed by atoms with E-state index in [0.717, 1.165) is 25.7 Å². The zero-order valence-corrected chi connectivity index (χ0v) is 24.0. The Morgan fingerprint density at radius 2 is 1.95 bits per heavy atom. The van der Waals surface area contributed by atoms with Crippen LogP contribution in [0.1, 0.15) is 46.0 Å². The summed E-state index contributed by atoms with van der Waals surface area (Å²) in [5, 5.41) is 19.2. The minimum Gasteiger partial charge on any atom is -0.507 e. The molecule has 0 bridgehead atoms. The molecule has 1 N–H and O–H groups in total. The summed E-state index contributed by atoms with van der Waals surface area (Å²) >= 11 is 12.1. The lowest BCUT2D eigenvalue weighted by Crippen LogP contribution is -2.47. The predicted octanol–water partition coefficient (Wildman–Crippen LogP) is 6.36. The number of hydrogen-bond donors (Lipinski definition) is 4. The van der Waals surface area contributed by atoms with E-state index in [2.05, 4.69) is 71.9 Å². The number of aromatic nitrogens is 4. The van der Waals surface area contributed by atoms with Crippen LogP contribution < -0.4 is 9.64 Å². The molecule has 3 atom stereocenters. The molecule has 0 spiro atoms. The molecule has 7 nitrogen and oxygen atoms in total. The van der Waals surface area contributed by atoms with E-state index in [1.54, 1.807) is 12.1 Å². The molecule has 1 aliphatic rings. The predicted molar refractivity (Wildman–Crippen MR) is 154 cm³/mol. The number of halogens is 2. The van der Waals surface area contributed by atoms with Gasteiger partial charge in [-0.05, 0) is 54.4 Å².